The van der Waals surface area contributed by atoms with Crippen LogP contribution in [0.1, 0.15) is 18.3 Å². The Morgan fingerprint density at radius 1 is 1.47 bits per heavy atom. The standard InChI is InChI=1S/C12H24N4O2S/c1-10-8-12(3)16(14-10)9-11(2)13-6-7-15(4)19(5,17)18/h8,11,13H,6-7,9H2,1-5H3. The van der Waals surface area contributed by atoms with Crippen molar-refractivity contribution in [2.45, 2.75) is 33.4 Å². The second-order valence-electron chi connectivity index (χ2n) is 5.05. The minimum atomic E-state index is -3.09. The Labute approximate surface area is 115 Å². The largest absolute Gasteiger partial charge is 0.311 e. The first-order chi connectivity index (χ1) is 8.70. The van der Waals surface area contributed by atoms with E-state index in [1.54, 1.807) is 7.05 Å². The van der Waals surface area contributed by atoms with Crippen LogP contribution in [0, 0.1) is 13.8 Å². The maximum atomic E-state index is 11.2. The molecule has 19 heavy (non-hydrogen) atoms. The van der Waals surface area contributed by atoms with Crippen molar-refractivity contribution in [3.63, 3.8) is 0 Å². The molecule has 0 aliphatic heterocycles. The second kappa shape index (κ2) is 6.49. The molecule has 0 amide bonds. The summed E-state index contributed by atoms with van der Waals surface area (Å²) >= 11 is 0. The molecule has 6 nitrogen and oxygen atoms in total. The van der Waals surface area contributed by atoms with E-state index in [1.165, 1.54) is 10.6 Å². The molecule has 0 saturated heterocycles. The van der Waals surface area contributed by atoms with Crippen molar-refractivity contribution in [3.8, 4) is 0 Å². The van der Waals surface area contributed by atoms with Crippen molar-refractivity contribution < 1.29 is 8.42 Å². The number of nitrogens with zero attached hydrogens (tertiary/aromatic N) is 3. The lowest BCUT2D eigenvalue weighted by Crippen LogP contribution is -2.38. The van der Waals surface area contributed by atoms with E-state index in [4.69, 9.17) is 0 Å². The Hall–Kier alpha value is -0.920. The smallest absolute Gasteiger partial charge is 0.210 e. The summed E-state index contributed by atoms with van der Waals surface area (Å²) in [4.78, 5) is 0. The predicted molar refractivity (Wildman–Crippen MR) is 76.6 cm³/mol. The van der Waals surface area contributed by atoms with Crippen LogP contribution in [0.5, 0.6) is 0 Å². The van der Waals surface area contributed by atoms with Gasteiger partial charge in [-0.15, -0.1) is 0 Å². The minimum absolute atomic E-state index is 0.242. The average Bonchev–Trinajstić information content (AvgIpc) is 2.55. The number of likely N-dealkylation sites (N-methyl/N-ethyl adjacent to an activating group) is 1. The van der Waals surface area contributed by atoms with E-state index in [9.17, 15) is 8.42 Å². The number of aromatic nitrogens is 2. The molecule has 1 aromatic heterocycles. The van der Waals surface area contributed by atoms with Gasteiger partial charge in [-0.2, -0.15) is 5.10 Å². The molecule has 1 atom stereocenters. The van der Waals surface area contributed by atoms with Gasteiger partial charge in [-0.05, 0) is 26.8 Å². The van der Waals surface area contributed by atoms with E-state index in [0.29, 0.717) is 13.1 Å². The lowest BCUT2D eigenvalue weighted by molar-refractivity contribution is 0.411. The third-order valence-electron chi connectivity index (χ3n) is 3.04. The molecule has 1 aromatic rings. The van der Waals surface area contributed by atoms with Crippen LogP contribution < -0.4 is 5.32 Å². The van der Waals surface area contributed by atoms with Gasteiger partial charge in [0, 0.05) is 31.9 Å². The molecule has 1 unspecified atom stereocenters. The van der Waals surface area contributed by atoms with Crippen molar-refractivity contribution in [3.05, 3.63) is 17.5 Å². The molecule has 0 spiro atoms. The van der Waals surface area contributed by atoms with Gasteiger partial charge in [-0.3, -0.25) is 4.68 Å². The van der Waals surface area contributed by atoms with Crippen molar-refractivity contribution in [2.75, 3.05) is 26.4 Å². The monoisotopic (exact) mass is 288 g/mol. The fourth-order valence-corrected chi connectivity index (χ4v) is 2.24. The first-order valence-corrected chi connectivity index (χ1v) is 8.20. The van der Waals surface area contributed by atoms with Gasteiger partial charge in [0.05, 0.1) is 18.5 Å². The molecule has 0 aromatic carbocycles. The number of nitrogens with one attached hydrogen (secondary N) is 1. The zero-order valence-corrected chi connectivity index (χ0v) is 13.2. The number of rotatable bonds is 7. The first-order valence-electron chi connectivity index (χ1n) is 6.36. The molecule has 1 rings (SSSR count). The van der Waals surface area contributed by atoms with Crippen LogP contribution in [-0.4, -0.2) is 54.9 Å². The highest BCUT2D eigenvalue weighted by atomic mass is 32.2. The molecule has 1 heterocycles. The molecule has 0 saturated carbocycles. The van der Waals surface area contributed by atoms with Crippen LogP contribution in [0.3, 0.4) is 0 Å². The Morgan fingerprint density at radius 2 is 2.11 bits per heavy atom. The maximum Gasteiger partial charge on any atom is 0.210 e. The van der Waals surface area contributed by atoms with E-state index in [2.05, 4.69) is 17.3 Å². The Kier molecular flexibility index (Phi) is 5.51. The topological polar surface area (TPSA) is 67.2 Å². The predicted octanol–water partition coefficient (Wildman–Crippen LogP) is 0.369. The molecule has 110 valence electrons. The normalized spacial score (nSPS) is 14.0. The molecule has 1 N–H and O–H groups in total. The molecular weight excluding hydrogens is 264 g/mol. The highest BCUT2D eigenvalue weighted by molar-refractivity contribution is 7.88. The summed E-state index contributed by atoms with van der Waals surface area (Å²) < 4.78 is 25.8. The van der Waals surface area contributed by atoms with Crippen LogP contribution >= 0.6 is 0 Å². The van der Waals surface area contributed by atoms with Gasteiger partial charge in [0.15, 0.2) is 0 Å². The maximum absolute atomic E-state index is 11.2. The van der Waals surface area contributed by atoms with E-state index in [1.807, 2.05) is 24.6 Å². The summed E-state index contributed by atoms with van der Waals surface area (Å²) in [5.74, 6) is 0. The van der Waals surface area contributed by atoms with Gasteiger partial charge in [0.1, 0.15) is 0 Å². The van der Waals surface area contributed by atoms with Gasteiger partial charge in [-0.1, -0.05) is 0 Å². The van der Waals surface area contributed by atoms with Crippen molar-refractivity contribution >= 4 is 10.0 Å². The molecule has 0 radical (unpaired) electrons. The lowest BCUT2D eigenvalue weighted by atomic mass is 10.3. The van der Waals surface area contributed by atoms with Gasteiger partial charge < -0.3 is 5.32 Å². The van der Waals surface area contributed by atoms with Crippen LogP contribution in [0.4, 0.5) is 0 Å². The zero-order valence-electron chi connectivity index (χ0n) is 12.3. The van der Waals surface area contributed by atoms with Crippen molar-refractivity contribution in [2.24, 2.45) is 0 Å². The van der Waals surface area contributed by atoms with Gasteiger partial charge in [0.25, 0.3) is 0 Å². The first kappa shape index (κ1) is 16.1. The van der Waals surface area contributed by atoms with Crippen LogP contribution in [0.2, 0.25) is 0 Å². The summed E-state index contributed by atoms with van der Waals surface area (Å²) in [6.07, 6.45) is 1.21. The Balaban J connectivity index is 2.36. The molecule has 0 aliphatic rings. The fraction of sp³-hybridized carbons (Fsp3) is 0.750. The Bertz CT molecular complexity index is 510. The number of hydrogen-bond acceptors (Lipinski definition) is 4. The van der Waals surface area contributed by atoms with E-state index < -0.39 is 10.0 Å². The SMILES string of the molecule is Cc1cc(C)n(CC(C)NCCN(C)S(C)(=O)=O)n1. The number of aryl methyl sites for hydroxylation is 2. The summed E-state index contributed by atoms with van der Waals surface area (Å²) in [5.41, 5.74) is 2.15. The van der Waals surface area contributed by atoms with E-state index >= 15 is 0 Å². The number of hydrogen-bond donors (Lipinski definition) is 1. The summed E-state index contributed by atoms with van der Waals surface area (Å²) in [6.45, 7) is 7.95. The zero-order chi connectivity index (χ0) is 14.6. The molecular formula is C12H24N4O2S. The molecule has 0 bridgehead atoms. The summed E-state index contributed by atoms with van der Waals surface area (Å²) in [7, 11) is -1.50. The Morgan fingerprint density at radius 3 is 2.58 bits per heavy atom. The minimum Gasteiger partial charge on any atom is -0.311 e. The number of sulfonamides is 1. The van der Waals surface area contributed by atoms with Gasteiger partial charge in [-0.25, -0.2) is 12.7 Å². The van der Waals surface area contributed by atoms with Crippen molar-refractivity contribution in [1.82, 2.24) is 19.4 Å². The van der Waals surface area contributed by atoms with Gasteiger partial charge in [0.2, 0.25) is 10.0 Å². The highest BCUT2D eigenvalue weighted by Crippen LogP contribution is 2.02. The van der Waals surface area contributed by atoms with E-state index in [0.717, 1.165) is 17.9 Å². The summed E-state index contributed by atoms with van der Waals surface area (Å²) in [5, 5.41) is 7.71. The third kappa shape index (κ3) is 5.30. The van der Waals surface area contributed by atoms with Crippen LogP contribution in [0.15, 0.2) is 6.07 Å². The van der Waals surface area contributed by atoms with Gasteiger partial charge >= 0.3 is 0 Å². The average molecular weight is 288 g/mol. The van der Waals surface area contributed by atoms with Crippen LogP contribution in [0.25, 0.3) is 0 Å². The third-order valence-corrected chi connectivity index (χ3v) is 4.35. The van der Waals surface area contributed by atoms with Crippen LogP contribution in [-0.2, 0) is 16.6 Å². The fourth-order valence-electron chi connectivity index (χ4n) is 1.82. The molecule has 7 heteroatoms. The summed E-state index contributed by atoms with van der Waals surface area (Å²) in [6, 6.07) is 2.29. The second-order valence-corrected chi connectivity index (χ2v) is 7.14. The highest BCUT2D eigenvalue weighted by Gasteiger charge is 2.11. The molecule has 0 aliphatic carbocycles. The van der Waals surface area contributed by atoms with Crippen molar-refractivity contribution in [1.29, 1.82) is 0 Å². The lowest BCUT2D eigenvalue weighted by Gasteiger charge is -2.18. The molecule has 0 fully saturated rings. The van der Waals surface area contributed by atoms with E-state index in [-0.39, 0.29) is 6.04 Å². The quantitative estimate of drug-likeness (QED) is 0.787.